The number of ether oxygens (including phenoxy) is 1. The molecule has 0 saturated carbocycles. The Labute approximate surface area is 159 Å². The summed E-state index contributed by atoms with van der Waals surface area (Å²) < 4.78 is 5.88. The Balaban J connectivity index is 1.70. The Morgan fingerprint density at radius 3 is 2.58 bits per heavy atom. The topological polar surface area (TPSA) is 35.9 Å². The van der Waals surface area contributed by atoms with Crippen LogP contribution in [0, 0.1) is 0 Å². The highest BCUT2D eigenvalue weighted by atomic mass is 35.5. The summed E-state index contributed by atoms with van der Waals surface area (Å²) >= 11 is 6.12. The maximum Gasteiger partial charge on any atom is 0.225 e. The first-order chi connectivity index (χ1) is 12.5. The Kier molecular flexibility index (Phi) is 4.65. The molecule has 1 saturated heterocycles. The first-order valence-electron chi connectivity index (χ1n) is 8.92. The van der Waals surface area contributed by atoms with Crippen LogP contribution in [-0.2, 0) is 0 Å². The number of aliphatic hydroxyl groups is 1. The van der Waals surface area contributed by atoms with E-state index in [1.165, 1.54) is 0 Å². The number of rotatable bonds is 2. The number of fused-ring (bicyclic) bond motifs is 1. The van der Waals surface area contributed by atoms with Gasteiger partial charge in [0.05, 0.1) is 0 Å². The largest absolute Gasteiger partial charge is 0.460 e. The molecule has 2 aromatic rings. The molecule has 0 aromatic heterocycles. The molecule has 136 valence electrons. The highest BCUT2D eigenvalue weighted by Crippen LogP contribution is 2.41. The van der Waals surface area contributed by atoms with E-state index in [9.17, 15) is 5.11 Å². The Bertz CT molecular complexity index is 857. The summed E-state index contributed by atoms with van der Waals surface area (Å²) in [5, 5.41) is 11.3. The summed E-state index contributed by atoms with van der Waals surface area (Å²) in [5.41, 5.74) is 4.83. The van der Waals surface area contributed by atoms with E-state index < -0.39 is 6.29 Å². The lowest BCUT2D eigenvalue weighted by atomic mass is 9.92. The monoisotopic (exact) mass is 370 g/mol. The fourth-order valence-corrected chi connectivity index (χ4v) is 3.89. The predicted molar refractivity (Wildman–Crippen MR) is 107 cm³/mol. The molecular weight excluding hydrogens is 348 g/mol. The quantitative estimate of drug-likeness (QED) is 0.873. The minimum absolute atomic E-state index is 0.645. The van der Waals surface area contributed by atoms with Crippen LogP contribution >= 0.6 is 11.6 Å². The fourth-order valence-electron chi connectivity index (χ4n) is 3.70. The molecule has 1 unspecified atom stereocenters. The molecule has 1 N–H and O–H groups in total. The number of nitrogens with zero attached hydrogens (tertiary/aromatic N) is 2. The molecule has 0 spiro atoms. The zero-order valence-corrected chi connectivity index (χ0v) is 15.8. The van der Waals surface area contributed by atoms with Crippen molar-refractivity contribution in [2.45, 2.75) is 13.2 Å². The van der Waals surface area contributed by atoms with Crippen molar-refractivity contribution in [2.24, 2.45) is 0 Å². The van der Waals surface area contributed by atoms with Crippen molar-refractivity contribution >= 4 is 28.4 Å². The first-order valence-corrected chi connectivity index (χ1v) is 9.30. The molecule has 4 rings (SSSR count). The third-order valence-electron chi connectivity index (χ3n) is 5.26. The SMILES string of the molecule is CC1=C(c2cccc(Cl)c2)C(O)Oc2cc(N3CCN(C)CC3)ccc21. The van der Waals surface area contributed by atoms with Crippen LogP contribution in [-0.4, -0.2) is 49.5 Å². The second kappa shape index (κ2) is 6.95. The average Bonchev–Trinajstić information content (AvgIpc) is 2.62. The van der Waals surface area contributed by atoms with Crippen LogP contribution in [0.4, 0.5) is 5.69 Å². The van der Waals surface area contributed by atoms with Crippen molar-refractivity contribution in [1.82, 2.24) is 4.90 Å². The van der Waals surface area contributed by atoms with Crippen LogP contribution in [0.2, 0.25) is 5.02 Å². The van der Waals surface area contributed by atoms with E-state index in [0.29, 0.717) is 5.02 Å². The van der Waals surface area contributed by atoms with Gasteiger partial charge in [-0.3, -0.25) is 0 Å². The number of piperazine rings is 1. The number of halogens is 1. The molecule has 2 aromatic carbocycles. The second-order valence-electron chi connectivity index (χ2n) is 6.99. The van der Waals surface area contributed by atoms with Crippen molar-refractivity contribution in [3.63, 3.8) is 0 Å². The zero-order chi connectivity index (χ0) is 18.3. The number of hydrogen-bond acceptors (Lipinski definition) is 4. The van der Waals surface area contributed by atoms with Gasteiger partial charge in [-0.25, -0.2) is 0 Å². The van der Waals surface area contributed by atoms with Crippen LogP contribution in [0.5, 0.6) is 5.75 Å². The van der Waals surface area contributed by atoms with E-state index in [2.05, 4.69) is 29.0 Å². The third-order valence-corrected chi connectivity index (χ3v) is 5.50. The molecule has 0 radical (unpaired) electrons. The van der Waals surface area contributed by atoms with E-state index in [0.717, 1.165) is 59.9 Å². The lowest BCUT2D eigenvalue weighted by Crippen LogP contribution is -2.44. The predicted octanol–water partition coefficient (Wildman–Crippen LogP) is 3.73. The van der Waals surface area contributed by atoms with Gasteiger partial charge in [0.25, 0.3) is 0 Å². The third kappa shape index (κ3) is 3.20. The number of aliphatic hydroxyl groups excluding tert-OH is 1. The van der Waals surface area contributed by atoms with E-state index in [-0.39, 0.29) is 0 Å². The molecule has 2 aliphatic rings. The molecule has 1 atom stereocenters. The zero-order valence-electron chi connectivity index (χ0n) is 15.1. The standard InChI is InChI=1S/C21H23ClN2O2/c1-14-18-7-6-17(24-10-8-23(2)9-11-24)13-19(18)26-21(25)20(14)15-4-3-5-16(22)12-15/h3-7,12-13,21,25H,8-11H2,1-2H3. The number of allylic oxidation sites excluding steroid dienone is 1. The van der Waals surface area contributed by atoms with Gasteiger partial charge in [0.2, 0.25) is 6.29 Å². The molecule has 0 bridgehead atoms. The van der Waals surface area contributed by atoms with Crippen LogP contribution in [0.15, 0.2) is 42.5 Å². The van der Waals surface area contributed by atoms with Crippen LogP contribution in [0.3, 0.4) is 0 Å². The Hall–Kier alpha value is -2.01. The molecule has 1 fully saturated rings. The van der Waals surface area contributed by atoms with Gasteiger partial charge < -0.3 is 19.6 Å². The normalized spacial score (nSPS) is 20.8. The van der Waals surface area contributed by atoms with E-state index in [1.54, 1.807) is 0 Å². The van der Waals surface area contributed by atoms with Gasteiger partial charge in [-0.15, -0.1) is 0 Å². The Morgan fingerprint density at radius 1 is 1.08 bits per heavy atom. The summed E-state index contributed by atoms with van der Waals surface area (Å²) in [6.07, 6.45) is -0.997. The van der Waals surface area contributed by atoms with Gasteiger partial charge in [-0.1, -0.05) is 23.7 Å². The van der Waals surface area contributed by atoms with Gasteiger partial charge in [0, 0.05) is 54.1 Å². The van der Waals surface area contributed by atoms with Crippen molar-refractivity contribution in [1.29, 1.82) is 0 Å². The van der Waals surface area contributed by atoms with Crippen molar-refractivity contribution < 1.29 is 9.84 Å². The number of anilines is 1. The maximum absolute atomic E-state index is 10.6. The summed E-state index contributed by atoms with van der Waals surface area (Å²) in [5.74, 6) is 0.734. The van der Waals surface area contributed by atoms with E-state index in [4.69, 9.17) is 16.3 Å². The van der Waals surface area contributed by atoms with Crippen LogP contribution < -0.4 is 9.64 Å². The van der Waals surface area contributed by atoms with E-state index >= 15 is 0 Å². The average molecular weight is 371 g/mol. The summed E-state index contributed by atoms with van der Waals surface area (Å²) in [4.78, 5) is 4.70. The highest BCUT2D eigenvalue weighted by molar-refractivity contribution is 6.30. The molecule has 2 aliphatic heterocycles. The lowest BCUT2D eigenvalue weighted by Gasteiger charge is -2.35. The molecule has 5 heteroatoms. The minimum Gasteiger partial charge on any atom is -0.460 e. The van der Waals surface area contributed by atoms with Crippen LogP contribution in [0.25, 0.3) is 11.1 Å². The molecule has 4 nitrogen and oxygen atoms in total. The van der Waals surface area contributed by atoms with Gasteiger partial charge in [0.15, 0.2) is 0 Å². The van der Waals surface area contributed by atoms with Crippen molar-refractivity contribution in [3.8, 4) is 5.75 Å². The number of benzene rings is 2. The van der Waals surface area contributed by atoms with Gasteiger partial charge >= 0.3 is 0 Å². The van der Waals surface area contributed by atoms with E-state index in [1.807, 2.05) is 37.3 Å². The Morgan fingerprint density at radius 2 is 1.85 bits per heavy atom. The summed E-state index contributed by atoms with van der Waals surface area (Å²) in [7, 11) is 2.15. The molecule has 0 amide bonds. The van der Waals surface area contributed by atoms with Crippen molar-refractivity contribution in [3.05, 3.63) is 58.6 Å². The van der Waals surface area contributed by atoms with Crippen molar-refractivity contribution in [2.75, 3.05) is 38.1 Å². The molecule has 26 heavy (non-hydrogen) atoms. The number of likely N-dealkylation sites (N-methyl/N-ethyl adjacent to an activating group) is 1. The van der Waals surface area contributed by atoms with Crippen LogP contribution in [0.1, 0.15) is 18.1 Å². The summed E-state index contributed by atoms with van der Waals surface area (Å²) in [6, 6.07) is 13.8. The highest BCUT2D eigenvalue weighted by Gasteiger charge is 2.27. The van der Waals surface area contributed by atoms with Gasteiger partial charge in [0.1, 0.15) is 5.75 Å². The second-order valence-corrected chi connectivity index (χ2v) is 7.43. The first kappa shape index (κ1) is 17.4. The molecule has 2 heterocycles. The smallest absolute Gasteiger partial charge is 0.225 e. The number of hydrogen-bond donors (Lipinski definition) is 1. The molecular formula is C21H23ClN2O2. The fraction of sp³-hybridized carbons (Fsp3) is 0.333. The lowest BCUT2D eigenvalue weighted by molar-refractivity contribution is 0.0315. The molecule has 0 aliphatic carbocycles. The van der Waals surface area contributed by atoms with Gasteiger partial charge in [-0.2, -0.15) is 0 Å². The van der Waals surface area contributed by atoms with Gasteiger partial charge in [-0.05, 0) is 49.4 Å². The minimum atomic E-state index is -0.997. The summed E-state index contributed by atoms with van der Waals surface area (Å²) in [6.45, 7) is 6.13. The maximum atomic E-state index is 10.6.